The van der Waals surface area contributed by atoms with Gasteiger partial charge in [0.2, 0.25) is 5.28 Å². The summed E-state index contributed by atoms with van der Waals surface area (Å²) in [6.45, 7) is -0.0843. The quantitative estimate of drug-likeness (QED) is 0.501. The number of benzene rings is 1. The Morgan fingerprint density at radius 2 is 1.88 bits per heavy atom. The Labute approximate surface area is 148 Å². The molecule has 1 aliphatic rings. The first kappa shape index (κ1) is 16.2. The zero-order chi connectivity index (χ0) is 17.4. The summed E-state index contributed by atoms with van der Waals surface area (Å²) < 4.78 is 29.7. The molecule has 1 aromatic carbocycles. The number of hydrogen-bond donors (Lipinski definition) is 0. The summed E-state index contributed by atoms with van der Waals surface area (Å²) in [4.78, 5) is 12.6. The third-order valence-electron chi connectivity index (χ3n) is 4.56. The van der Waals surface area contributed by atoms with E-state index in [1.165, 1.54) is 24.3 Å². The van der Waals surface area contributed by atoms with Gasteiger partial charge in [0.1, 0.15) is 5.82 Å². The number of anilines is 1. The molecular weight excluding hydrogens is 348 g/mol. The molecule has 0 bridgehead atoms. The predicted octanol–water partition coefficient (Wildman–Crippen LogP) is 4.63. The van der Waals surface area contributed by atoms with Crippen LogP contribution in [0.2, 0.25) is 5.28 Å². The normalized spacial score (nSPS) is 15.2. The van der Waals surface area contributed by atoms with Crippen molar-refractivity contribution in [3.05, 3.63) is 47.3 Å². The van der Waals surface area contributed by atoms with E-state index in [-0.39, 0.29) is 23.5 Å². The topological polar surface area (TPSA) is 46.8 Å². The number of hydrogen-bond acceptors (Lipinski definition) is 4. The number of rotatable bonds is 4. The summed E-state index contributed by atoms with van der Waals surface area (Å²) in [5.41, 5.74) is 1.53. The molecule has 0 radical (unpaired) electrons. The fraction of sp³-hybridized carbons (Fsp3) is 0.353. The van der Waals surface area contributed by atoms with Crippen molar-refractivity contribution in [2.24, 2.45) is 0 Å². The smallest absolute Gasteiger partial charge is 0.226 e. The van der Waals surface area contributed by atoms with Crippen LogP contribution in [0.15, 0.2) is 30.6 Å². The van der Waals surface area contributed by atoms with Gasteiger partial charge in [-0.05, 0) is 42.1 Å². The average Bonchev–Trinajstić information content (AvgIpc) is 3.25. The molecular formula is C17H16ClF2N5. The fourth-order valence-corrected chi connectivity index (χ4v) is 3.48. The van der Waals surface area contributed by atoms with E-state index < -0.39 is 0 Å². The van der Waals surface area contributed by atoms with Crippen molar-refractivity contribution in [2.45, 2.75) is 38.3 Å². The number of halogens is 3. The lowest BCUT2D eigenvalue weighted by atomic mass is 10.2. The summed E-state index contributed by atoms with van der Waals surface area (Å²) in [7, 11) is 0. The lowest BCUT2D eigenvalue weighted by Crippen LogP contribution is -2.14. The van der Waals surface area contributed by atoms with E-state index in [1.807, 2.05) is 4.57 Å². The van der Waals surface area contributed by atoms with Crippen molar-refractivity contribution < 1.29 is 8.87 Å². The maximum absolute atomic E-state index is 14.8. The second-order valence-corrected chi connectivity index (χ2v) is 6.56. The summed E-state index contributed by atoms with van der Waals surface area (Å²) in [5, 5.41) is 0.443. The largest absolute Gasteiger partial charge is 0.312 e. The molecule has 4 rings (SSSR count). The summed E-state index contributed by atoms with van der Waals surface area (Å²) in [5.74, 6) is -0.340. The zero-order valence-corrected chi connectivity index (χ0v) is 14.1. The van der Waals surface area contributed by atoms with E-state index in [0.717, 1.165) is 25.7 Å². The number of aromatic nitrogens is 4. The molecule has 8 heteroatoms. The van der Waals surface area contributed by atoms with E-state index in [2.05, 4.69) is 15.0 Å². The van der Waals surface area contributed by atoms with Crippen LogP contribution in [-0.4, -0.2) is 19.5 Å². The lowest BCUT2D eigenvalue weighted by molar-refractivity contribution is 0.425. The molecule has 0 amide bonds. The van der Waals surface area contributed by atoms with E-state index >= 15 is 0 Å². The lowest BCUT2D eigenvalue weighted by Gasteiger charge is -2.15. The van der Waals surface area contributed by atoms with Crippen LogP contribution in [-0.2, 0) is 6.54 Å². The Morgan fingerprint density at radius 1 is 1.16 bits per heavy atom. The minimum absolute atomic E-state index is 0.0241. The van der Waals surface area contributed by atoms with Crippen molar-refractivity contribution in [3.63, 3.8) is 0 Å². The van der Waals surface area contributed by atoms with E-state index in [1.54, 1.807) is 6.33 Å². The van der Waals surface area contributed by atoms with E-state index in [0.29, 0.717) is 27.9 Å². The summed E-state index contributed by atoms with van der Waals surface area (Å²) in [6, 6.07) is 5.95. The van der Waals surface area contributed by atoms with Crippen LogP contribution in [0, 0.1) is 5.82 Å². The second-order valence-electron chi connectivity index (χ2n) is 6.23. The van der Waals surface area contributed by atoms with Crippen LogP contribution in [0.5, 0.6) is 0 Å². The highest BCUT2D eigenvalue weighted by atomic mass is 35.5. The second kappa shape index (κ2) is 6.55. The Morgan fingerprint density at radius 3 is 2.60 bits per heavy atom. The van der Waals surface area contributed by atoms with Crippen LogP contribution >= 0.6 is 11.6 Å². The maximum Gasteiger partial charge on any atom is 0.226 e. The highest BCUT2D eigenvalue weighted by Crippen LogP contribution is 2.34. The number of fused-ring (bicyclic) bond motifs is 1. The Hall–Kier alpha value is -2.28. The molecule has 2 heterocycles. The highest BCUT2D eigenvalue weighted by molar-refractivity contribution is 6.28. The number of imidazole rings is 1. The van der Waals surface area contributed by atoms with Gasteiger partial charge in [-0.3, -0.25) is 0 Å². The summed E-state index contributed by atoms with van der Waals surface area (Å²) in [6.07, 6.45) is 6.11. The van der Waals surface area contributed by atoms with Gasteiger partial charge in [-0.25, -0.2) is 9.37 Å². The highest BCUT2D eigenvalue weighted by Gasteiger charge is 2.23. The molecule has 0 saturated heterocycles. The first-order valence-corrected chi connectivity index (χ1v) is 8.57. The van der Waals surface area contributed by atoms with Crippen molar-refractivity contribution in [3.8, 4) is 0 Å². The molecule has 5 nitrogen and oxygen atoms in total. The Bertz CT molecular complexity index is 890. The molecule has 130 valence electrons. The molecule has 0 aliphatic heterocycles. The standard InChI is InChI=1S/C17H16ClF2N5/c18-17-22-15-14(21-10-24(15)13-3-1-2-4-13)16(23-17)25(20)9-11-5-7-12(19)8-6-11/h5-8,10,13H,1-4,9H2. The SMILES string of the molecule is Fc1ccc(CN(F)c2nc(Cl)nc3c2ncn3C2CCCC2)cc1. The maximum atomic E-state index is 14.8. The van der Waals surface area contributed by atoms with Gasteiger partial charge in [-0.15, -0.1) is 0 Å². The van der Waals surface area contributed by atoms with Crippen LogP contribution in [0.3, 0.4) is 0 Å². The Kier molecular flexibility index (Phi) is 4.25. The van der Waals surface area contributed by atoms with Gasteiger partial charge in [0.15, 0.2) is 17.0 Å². The molecule has 1 fully saturated rings. The third kappa shape index (κ3) is 3.16. The van der Waals surface area contributed by atoms with Crippen molar-refractivity contribution >= 4 is 28.6 Å². The van der Waals surface area contributed by atoms with Crippen LogP contribution < -0.4 is 5.12 Å². The van der Waals surface area contributed by atoms with Crippen molar-refractivity contribution in [1.82, 2.24) is 19.5 Å². The van der Waals surface area contributed by atoms with Crippen LogP contribution in [0.25, 0.3) is 11.2 Å². The fourth-order valence-electron chi connectivity index (χ4n) is 3.32. The van der Waals surface area contributed by atoms with E-state index in [4.69, 9.17) is 11.6 Å². The van der Waals surface area contributed by atoms with Gasteiger partial charge >= 0.3 is 0 Å². The molecule has 2 aromatic heterocycles. The monoisotopic (exact) mass is 363 g/mol. The molecule has 3 aromatic rings. The summed E-state index contributed by atoms with van der Waals surface area (Å²) >= 11 is 6.02. The first-order valence-electron chi connectivity index (χ1n) is 8.19. The van der Waals surface area contributed by atoms with Crippen LogP contribution in [0.4, 0.5) is 14.7 Å². The molecule has 0 atom stereocenters. The minimum atomic E-state index is -0.364. The predicted molar refractivity (Wildman–Crippen MR) is 91.5 cm³/mol. The van der Waals surface area contributed by atoms with Crippen molar-refractivity contribution in [1.29, 1.82) is 0 Å². The number of nitrogens with zero attached hydrogens (tertiary/aromatic N) is 5. The minimum Gasteiger partial charge on any atom is -0.312 e. The first-order chi connectivity index (χ1) is 12.1. The van der Waals surface area contributed by atoms with Gasteiger partial charge in [0.05, 0.1) is 12.9 Å². The van der Waals surface area contributed by atoms with Gasteiger partial charge in [-0.2, -0.15) is 15.1 Å². The Balaban J connectivity index is 1.69. The molecule has 1 saturated carbocycles. The molecule has 0 N–H and O–H groups in total. The average molecular weight is 364 g/mol. The molecule has 25 heavy (non-hydrogen) atoms. The molecule has 0 spiro atoms. The van der Waals surface area contributed by atoms with Gasteiger partial charge < -0.3 is 4.57 Å². The van der Waals surface area contributed by atoms with Gasteiger partial charge in [-0.1, -0.05) is 29.5 Å². The molecule has 1 aliphatic carbocycles. The van der Waals surface area contributed by atoms with Gasteiger partial charge in [0, 0.05) is 6.04 Å². The van der Waals surface area contributed by atoms with Crippen LogP contribution in [0.1, 0.15) is 37.3 Å². The zero-order valence-electron chi connectivity index (χ0n) is 13.4. The molecule has 0 unspecified atom stereocenters. The van der Waals surface area contributed by atoms with Gasteiger partial charge in [0.25, 0.3) is 0 Å². The van der Waals surface area contributed by atoms with Crippen molar-refractivity contribution in [2.75, 3.05) is 5.12 Å². The third-order valence-corrected chi connectivity index (χ3v) is 4.73. The van der Waals surface area contributed by atoms with E-state index in [9.17, 15) is 8.87 Å².